The summed E-state index contributed by atoms with van der Waals surface area (Å²) in [6.45, 7) is 6.97. The predicted molar refractivity (Wildman–Crippen MR) is 75.8 cm³/mol. The first-order valence-electron chi connectivity index (χ1n) is 6.97. The summed E-state index contributed by atoms with van der Waals surface area (Å²) < 4.78 is 0. The van der Waals surface area contributed by atoms with Crippen molar-refractivity contribution in [2.75, 3.05) is 5.75 Å². The Balaban J connectivity index is 1.99. The Morgan fingerprint density at radius 2 is 2.06 bits per heavy atom. The zero-order chi connectivity index (χ0) is 13.4. The van der Waals surface area contributed by atoms with Crippen molar-refractivity contribution >= 4 is 17.7 Å². The van der Waals surface area contributed by atoms with Crippen LogP contribution >= 0.6 is 11.8 Å². The monoisotopic (exact) mass is 271 g/mol. The molecule has 3 nitrogen and oxygen atoms in total. The topological polar surface area (TPSA) is 49.3 Å². The van der Waals surface area contributed by atoms with Crippen LogP contribution < -0.4 is 5.32 Å². The van der Waals surface area contributed by atoms with E-state index in [1.54, 1.807) is 0 Å². The van der Waals surface area contributed by atoms with E-state index in [0.29, 0.717) is 5.41 Å². The Morgan fingerprint density at radius 1 is 1.33 bits per heavy atom. The van der Waals surface area contributed by atoms with E-state index >= 15 is 0 Å². The van der Waals surface area contributed by atoms with E-state index in [0.717, 1.165) is 24.5 Å². The molecule has 3 atom stereocenters. The molecular formula is C14H25NO2S. The SMILES string of the molecule is CC(C)(C)C1CCCC2(CC1)NC(C(=O)O)CS2. The van der Waals surface area contributed by atoms with Gasteiger partial charge >= 0.3 is 5.97 Å². The van der Waals surface area contributed by atoms with Crippen LogP contribution in [0, 0.1) is 11.3 Å². The molecule has 1 spiro atoms. The van der Waals surface area contributed by atoms with Crippen LogP contribution in [0.2, 0.25) is 0 Å². The highest BCUT2D eigenvalue weighted by molar-refractivity contribution is 8.00. The molecule has 0 bridgehead atoms. The average molecular weight is 271 g/mol. The lowest BCUT2D eigenvalue weighted by Gasteiger charge is -2.31. The fraction of sp³-hybridized carbons (Fsp3) is 0.929. The van der Waals surface area contributed by atoms with Gasteiger partial charge in [-0.2, -0.15) is 0 Å². The molecule has 1 heterocycles. The fourth-order valence-corrected chi connectivity index (χ4v) is 4.73. The van der Waals surface area contributed by atoms with Gasteiger partial charge in [0.15, 0.2) is 0 Å². The highest BCUT2D eigenvalue weighted by Gasteiger charge is 2.43. The average Bonchev–Trinajstić information content (AvgIpc) is 2.53. The summed E-state index contributed by atoms with van der Waals surface area (Å²) in [5.74, 6) is 0.786. The summed E-state index contributed by atoms with van der Waals surface area (Å²) in [5, 5.41) is 12.5. The van der Waals surface area contributed by atoms with Gasteiger partial charge in [-0.25, -0.2) is 0 Å². The largest absolute Gasteiger partial charge is 0.480 e. The van der Waals surface area contributed by atoms with Crippen LogP contribution in [-0.4, -0.2) is 27.7 Å². The molecule has 1 aliphatic carbocycles. The first-order chi connectivity index (χ1) is 8.32. The van der Waals surface area contributed by atoms with Gasteiger partial charge in [0, 0.05) is 5.75 Å². The maximum absolute atomic E-state index is 11.1. The van der Waals surface area contributed by atoms with Crippen molar-refractivity contribution in [3.8, 4) is 0 Å². The van der Waals surface area contributed by atoms with Gasteiger partial charge in [-0.05, 0) is 37.0 Å². The van der Waals surface area contributed by atoms with E-state index in [1.165, 1.54) is 19.3 Å². The molecule has 18 heavy (non-hydrogen) atoms. The smallest absolute Gasteiger partial charge is 0.321 e. The number of hydrogen-bond acceptors (Lipinski definition) is 3. The molecule has 0 aromatic heterocycles. The summed E-state index contributed by atoms with van der Waals surface area (Å²) >= 11 is 1.84. The zero-order valence-electron chi connectivity index (χ0n) is 11.7. The lowest BCUT2D eigenvalue weighted by molar-refractivity contribution is -0.138. The molecule has 0 amide bonds. The van der Waals surface area contributed by atoms with Gasteiger partial charge in [-0.15, -0.1) is 11.8 Å². The molecule has 0 radical (unpaired) electrons. The molecular weight excluding hydrogens is 246 g/mol. The van der Waals surface area contributed by atoms with E-state index in [2.05, 4.69) is 26.1 Å². The lowest BCUT2D eigenvalue weighted by Crippen LogP contribution is -2.44. The third kappa shape index (κ3) is 3.02. The summed E-state index contributed by atoms with van der Waals surface area (Å²) in [6, 6.07) is -0.346. The van der Waals surface area contributed by atoms with Crippen molar-refractivity contribution in [1.29, 1.82) is 0 Å². The number of nitrogens with one attached hydrogen (secondary N) is 1. The molecule has 2 fully saturated rings. The zero-order valence-corrected chi connectivity index (χ0v) is 12.5. The molecule has 1 saturated carbocycles. The molecule has 3 unspecified atom stereocenters. The Labute approximate surface area is 114 Å². The van der Waals surface area contributed by atoms with Gasteiger partial charge in [0.05, 0.1) is 4.87 Å². The molecule has 1 saturated heterocycles. The normalized spacial score (nSPS) is 37.7. The summed E-state index contributed by atoms with van der Waals surface area (Å²) in [4.78, 5) is 11.1. The Bertz CT molecular complexity index is 326. The minimum atomic E-state index is -0.698. The van der Waals surface area contributed by atoms with Crippen LogP contribution in [0.5, 0.6) is 0 Å². The van der Waals surface area contributed by atoms with Crippen LogP contribution in [-0.2, 0) is 4.79 Å². The Morgan fingerprint density at radius 3 is 2.61 bits per heavy atom. The van der Waals surface area contributed by atoms with E-state index in [4.69, 9.17) is 5.11 Å². The third-order valence-corrected chi connectivity index (χ3v) is 6.09. The van der Waals surface area contributed by atoms with Crippen LogP contribution in [0.4, 0.5) is 0 Å². The number of aliphatic carboxylic acids is 1. The predicted octanol–water partition coefficient (Wildman–Crippen LogP) is 3.10. The third-order valence-electron chi connectivity index (χ3n) is 4.52. The minimum absolute atomic E-state index is 0.0447. The van der Waals surface area contributed by atoms with Crippen LogP contribution in [0.3, 0.4) is 0 Å². The first kappa shape index (κ1) is 14.2. The summed E-state index contributed by atoms with van der Waals surface area (Å²) in [7, 11) is 0. The van der Waals surface area contributed by atoms with Crippen LogP contribution in [0.15, 0.2) is 0 Å². The second-order valence-electron chi connectivity index (χ2n) is 6.83. The van der Waals surface area contributed by atoms with Gasteiger partial charge < -0.3 is 5.11 Å². The number of rotatable bonds is 1. The summed E-state index contributed by atoms with van der Waals surface area (Å²) in [6.07, 6.45) is 5.95. The highest BCUT2D eigenvalue weighted by Crippen LogP contribution is 2.46. The number of thioether (sulfide) groups is 1. The van der Waals surface area contributed by atoms with Gasteiger partial charge in [-0.3, -0.25) is 10.1 Å². The molecule has 0 aromatic carbocycles. The molecule has 0 aromatic rings. The summed E-state index contributed by atoms with van der Waals surface area (Å²) in [5.41, 5.74) is 0.376. The van der Waals surface area contributed by atoms with Crippen molar-refractivity contribution in [2.45, 2.75) is 63.8 Å². The van der Waals surface area contributed by atoms with Crippen molar-refractivity contribution in [3.05, 3.63) is 0 Å². The van der Waals surface area contributed by atoms with E-state index < -0.39 is 5.97 Å². The fourth-order valence-electron chi connectivity index (χ4n) is 3.24. The van der Waals surface area contributed by atoms with Crippen LogP contribution in [0.25, 0.3) is 0 Å². The number of carbonyl (C=O) groups is 1. The molecule has 104 valence electrons. The van der Waals surface area contributed by atoms with Crippen molar-refractivity contribution < 1.29 is 9.90 Å². The first-order valence-corrected chi connectivity index (χ1v) is 7.95. The molecule has 1 aliphatic heterocycles. The van der Waals surface area contributed by atoms with Gasteiger partial charge in [0.25, 0.3) is 0 Å². The van der Waals surface area contributed by atoms with Crippen LogP contribution in [0.1, 0.15) is 52.9 Å². The Hall–Kier alpha value is -0.220. The van der Waals surface area contributed by atoms with Crippen molar-refractivity contribution in [1.82, 2.24) is 5.32 Å². The van der Waals surface area contributed by atoms with Gasteiger partial charge in [0.1, 0.15) is 6.04 Å². The maximum atomic E-state index is 11.1. The lowest BCUT2D eigenvalue weighted by atomic mass is 9.76. The highest BCUT2D eigenvalue weighted by atomic mass is 32.2. The van der Waals surface area contributed by atoms with Gasteiger partial charge in [-0.1, -0.05) is 27.2 Å². The second-order valence-corrected chi connectivity index (χ2v) is 8.24. The molecule has 4 heteroatoms. The van der Waals surface area contributed by atoms with Gasteiger partial charge in [0.2, 0.25) is 0 Å². The van der Waals surface area contributed by atoms with E-state index in [1.807, 2.05) is 11.8 Å². The Kier molecular flexibility index (Phi) is 3.98. The molecule has 2 rings (SSSR count). The second kappa shape index (κ2) is 5.04. The number of carboxylic acids is 1. The van der Waals surface area contributed by atoms with Crippen molar-refractivity contribution in [2.24, 2.45) is 11.3 Å². The number of carboxylic acid groups (broad SMARTS) is 1. The standard InChI is InChI=1S/C14H25NO2S/c1-13(2,3)10-5-4-7-14(8-6-10)15-11(9-18-14)12(16)17/h10-11,15H,4-9H2,1-3H3,(H,16,17). The number of hydrogen-bond donors (Lipinski definition) is 2. The molecule has 2 aliphatic rings. The minimum Gasteiger partial charge on any atom is -0.480 e. The molecule has 2 N–H and O–H groups in total. The van der Waals surface area contributed by atoms with E-state index in [9.17, 15) is 4.79 Å². The van der Waals surface area contributed by atoms with Crippen molar-refractivity contribution in [3.63, 3.8) is 0 Å². The van der Waals surface area contributed by atoms with E-state index in [-0.39, 0.29) is 10.9 Å². The quantitative estimate of drug-likeness (QED) is 0.769. The maximum Gasteiger partial charge on any atom is 0.321 e.